The molecule has 1 fully saturated rings. The number of benzene rings is 1. The van der Waals surface area contributed by atoms with E-state index in [0.29, 0.717) is 25.9 Å². The molecule has 0 spiro atoms. The van der Waals surface area contributed by atoms with Gasteiger partial charge in [0.15, 0.2) is 0 Å². The molecule has 0 aromatic heterocycles. The molecule has 0 radical (unpaired) electrons. The van der Waals surface area contributed by atoms with E-state index in [-0.39, 0.29) is 23.7 Å². The minimum absolute atomic E-state index is 0.0156. The Hall–Kier alpha value is -1.47. The van der Waals surface area contributed by atoms with Gasteiger partial charge in [-0.3, -0.25) is 4.79 Å². The summed E-state index contributed by atoms with van der Waals surface area (Å²) in [5.74, 6) is -0.178. The molecule has 1 aromatic carbocycles. The molecular formula is C17H25FN2O3S. The molecule has 0 saturated carbocycles. The second-order valence-electron chi connectivity index (χ2n) is 6.47. The molecule has 134 valence electrons. The van der Waals surface area contributed by atoms with Crippen LogP contribution >= 0.6 is 0 Å². The zero-order valence-electron chi connectivity index (χ0n) is 14.2. The number of carbonyl (C=O) groups excluding carboxylic acids is 1. The number of hydrogen-bond acceptors (Lipinski definition) is 3. The van der Waals surface area contributed by atoms with Crippen molar-refractivity contribution in [1.29, 1.82) is 0 Å². The van der Waals surface area contributed by atoms with E-state index in [1.807, 2.05) is 6.92 Å². The van der Waals surface area contributed by atoms with Crippen molar-refractivity contribution < 1.29 is 17.6 Å². The van der Waals surface area contributed by atoms with E-state index in [1.165, 1.54) is 12.1 Å². The summed E-state index contributed by atoms with van der Waals surface area (Å²) in [7, 11) is -3.30. The minimum atomic E-state index is -3.30. The zero-order chi connectivity index (χ0) is 17.7. The zero-order valence-corrected chi connectivity index (χ0v) is 15.0. The lowest BCUT2D eigenvalue weighted by Gasteiger charge is -2.17. The number of sulfonamides is 1. The number of carbonyl (C=O) groups is 1. The van der Waals surface area contributed by atoms with Crippen LogP contribution in [0, 0.1) is 11.7 Å². The monoisotopic (exact) mass is 356 g/mol. The lowest BCUT2D eigenvalue weighted by molar-refractivity contribution is -0.130. The van der Waals surface area contributed by atoms with Crippen LogP contribution < -0.4 is 4.72 Å². The van der Waals surface area contributed by atoms with E-state index in [1.54, 1.807) is 17.0 Å². The van der Waals surface area contributed by atoms with Gasteiger partial charge in [0.05, 0.1) is 6.26 Å². The molecule has 24 heavy (non-hydrogen) atoms. The summed E-state index contributed by atoms with van der Waals surface area (Å²) >= 11 is 0. The van der Waals surface area contributed by atoms with Crippen LogP contribution in [0.15, 0.2) is 24.3 Å². The normalized spacial score (nSPS) is 21.2. The van der Waals surface area contributed by atoms with E-state index in [4.69, 9.17) is 0 Å². The van der Waals surface area contributed by atoms with Crippen molar-refractivity contribution in [2.75, 3.05) is 19.3 Å². The number of halogens is 1. The second kappa shape index (κ2) is 8.07. The van der Waals surface area contributed by atoms with Gasteiger partial charge in [-0.2, -0.15) is 0 Å². The molecule has 1 aliphatic rings. The number of amides is 1. The first kappa shape index (κ1) is 18.9. The quantitative estimate of drug-likeness (QED) is 0.812. The predicted octanol–water partition coefficient (Wildman–Crippen LogP) is 1.93. The molecule has 5 nitrogen and oxygen atoms in total. The maximum absolute atomic E-state index is 13.2. The van der Waals surface area contributed by atoms with Crippen LogP contribution in [0.4, 0.5) is 4.39 Å². The van der Waals surface area contributed by atoms with Crippen LogP contribution in [0.2, 0.25) is 0 Å². The summed E-state index contributed by atoms with van der Waals surface area (Å²) in [6.45, 7) is 3.02. The topological polar surface area (TPSA) is 66.5 Å². The molecule has 0 aliphatic carbocycles. The Balaban J connectivity index is 1.94. The van der Waals surface area contributed by atoms with Crippen LogP contribution in [-0.2, 0) is 21.2 Å². The van der Waals surface area contributed by atoms with Crippen molar-refractivity contribution in [3.8, 4) is 0 Å². The third-order valence-corrected chi connectivity index (χ3v) is 5.07. The second-order valence-corrected chi connectivity index (χ2v) is 8.25. The number of likely N-dealkylation sites (tertiary alicyclic amines) is 1. The number of rotatable bonds is 7. The average Bonchev–Trinajstić information content (AvgIpc) is 2.86. The minimum Gasteiger partial charge on any atom is -0.341 e. The van der Waals surface area contributed by atoms with Crippen molar-refractivity contribution in [1.82, 2.24) is 9.62 Å². The van der Waals surface area contributed by atoms with Crippen LogP contribution in [0.25, 0.3) is 0 Å². The molecule has 2 atom stereocenters. The van der Waals surface area contributed by atoms with E-state index in [0.717, 1.165) is 24.7 Å². The van der Waals surface area contributed by atoms with Crippen molar-refractivity contribution in [2.24, 2.45) is 5.92 Å². The average molecular weight is 356 g/mol. The third kappa shape index (κ3) is 5.56. The van der Waals surface area contributed by atoms with Gasteiger partial charge in [-0.05, 0) is 36.5 Å². The Kier molecular flexibility index (Phi) is 6.34. The third-order valence-electron chi connectivity index (χ3n) is 4.34. The highest BCUT2D eigenvalue weighted by atomic mass is 32.2. The molecule has 1 heterocycles. The lowest BCUT2D eigenvalue weighted by Crippen LogP contribution is -2.40. The Labute approximate surface area is 143 Å². The molecule has 7 heteroatoms. The largest absolute Gasteiger partial charge is 0.341 e. The molecule has 2 unspecified atom stereocenters. The maximum atomic E-state index is 13.2. The Bertz CT molecular complexity index is 678. The van der Waals surface area contributed by atoms with Crippen molar-refractivity contribution in [2.45, 2.75) is 38.6 Å². The Morgan fingerprint density at radius 3 is 2.75 bits per heavy atom. The number of aryl methyl sites for hydroxylation is 1. The van der Waals surface area contributed by atoms with Gasteiger partial charge in [-0.1, -0.05) is 25.5 Å². The van der Waals surface area contributed by atoms with Crippen LogP contribution in [-0.4, -0.2) is 44.6 Å². The van der Waals surface area contributed by atoms with Gasteiger partial charge in [-0.25, -0.2) is 17.5 Å². The molecule has 1 aliphatic heterocycles. The first-order chi connectivity index (χ1) is 11.3. The van der Waals surface area contributed by atoms with Gasteiger partial charge < -0.3 is 4.90 Å². The van der Waals surface area contributed by atoms with Gasteiger partial charge >= 0.3 is 0 Å². The van der Waals surface area contributed by atoms with Crippen molar-refractivity contribution in [3.05, 3.63) is 35.6 Å². The summed E-state index contributed by atoms with van der Waals surface area (Å²) < 4.78 is 38.8. The van der Waals surface area contributed by atoms with Gasteiger partial charge in [-0.15, -0.1) is 0 Å². The highest BCUT2D eigenvalue weighted by Gasteiger charge is 2.35. The van der Waals surface area contributed by atoms with Gasteiger partial charge in [0.2, 0.25) is 15.9 Å². The number of nitrogens with one attached hydrogen (secondary N) is 1. The Morgan fingerprint density at radius 2 is 2.12 bits per heavy atom. The summed E-state index contributed by atoms with van der Waals surface area (Å²) in [5.41, 5.74) is 0.790. The standard InChI is InChI=1S/C17H25FN2O3S/c1-3-5-14-11-20(12-16(14)19-24(2,22)23)17(21)9-8-13-6-4-7-15(18)10-13/h4,6-7,10,14,16,19H,3,5,8-9,11-12H2,1-2H3. The van der Waals surface area contributed by atoms with Crippen LogP contribution in [0.3, 0.4) is 0 Å². The van der Waals surface area contributed by atoms with Crippen LogP contribution in [0.1, 0.15) is 31.7 Å². The fourth-order valence-electron chi connectivity index (χ4n) is 3.25. The van der Waals surface area contributed by atoms with E-state index >= 15 is 0 Å². The van der Waals surface area contributed by atoms with Crippen LogP contribution in [0.5, 0.6) is 0 Å². The molecular weight excluding hydrogens is 331 g/mol. The molecule has 0 bridgehead atoms. The van der Waals surface area contributed by atoms with Gasteiger partial charge in [0.25, 0.3) is 0 Å². The molecule has 1 aromatic rings. The molecule has 1 amide bonds. The van der Waals surface area contributed by atoms with E-state index in [2.05, 4.69) is 4.72 Å². The SMILES string of the molecule is CCCC1CN(C(=O)CCc2cccc(F)c2)CC1NS(C)(=O)=O. The summed E-state index contributed by atoms with van der Waals surface area (Å²) in [6.07, 6.45) is 3.74. The fourth-order valence-corrected chi connectivity index (χ4v) is 4.07. The predicted molar refractivity (Wildman–Crippen MR) is 91.5 cm³/mol. The highest BCUT2D eigenvalue weighted by Crippen LogP contribution is 2.23. The lowest BCUT2D eigenvalue weighted by atomic mass is 9.99. The van der Waals surface area contributed by atoms with Gasteiger partial charge in [0.1, 0.15) is 5.82 Å². The van der Waals surface area contributed by atoms with Crippen molar-refractivity contribution in [3.63, 3.8) is 0 Å². The molecule has 1 N–H and O–H groups in total. The number of hydrogen-bond donors (Lipinski definition) is 1. The van der Waals surface area contributed by atoms with E-state index in [9.17, 15) is 17.6 Å². The summed E-state index contributed by atoms with van der Waals surface area (Å²) in [6, 6.07) is 6.02. The fraction of sp³-hybridized carbons (Fsp3) is 0.588. The van der Waals surface area contributed by atoms with Crippen molar-refractivity contribution >= 4 is 15.9 Å². The highest BCUT2D eigenvalue weighted by molar-refractivity contribution is 7.88. The molecule has 1 saturated heterocycles. The summed E-state index contributed by atoms with van der Waals surface area (Å²) in [5, 5.41) is 0. The smallest absolute Gasteiger partial charge is 0.222 e. The first-order valence-corrected chi connectivity index (χ1v) is 10.2. The maximum Gasteiger partial charge on any atom is 0.222 e. The summed E-state index contributed by atoms with van der Waals surface area (Å²) in [4.78, 5) is 14.1. The first-order valence-electron chi connectivity index (χ1n) is 8.28. The van der Waals surface area contributed by atoms with E-state index < -0.39 is 10.0 Å². The van der Waals surface area contributed by atoms with Gasteiger partial charge in [0, 0.05) is 25.6 Å². The number of nitrogens with zero attached hydrogens (tertiary/aromatic N) is 1. The molecule has 2 rings (SSSR count). The Morgan fingerprint density at radius 1 is 1.38 bits per heavy atom.